The molecule has 0 atom stereocenters. The number of nitrogens with one attached hydrogen (secondary N) is 1. The van der Waals surface area contributed by atoms with Crippen molar-refractivity contribution >= 4 is 27.3 Å². The molecule has 0 radical (unpaired) electrons. The van der Waals surface area contributed by atoms with Crippen molar-refractivity contribution in [2.45, 2.75) is 18.7 Å². The molecule has 3 aromatic rings. The lowest BCUT2D eigenvalue weighted by Gasteiger charge is -2.25. The van der Waals surface area contributed by atoms with Crippen LogP contribution in [0.15, 0.2) is 77.7 Å². The van der Waals surface area contributed by atoms with E-state index in [0.717, 1.165) is 4.31 Å². The van der Waals surface area contributed by atoms with Gasteiger partial charge in [-0.25, -0.2) is 12.8 Å². The first kappa shape index (κ1) is 20.5. The second kappa shape index (κ2) is 8.45. The van der Waals surface area contributed by atoms with Gasteiger partial charge in [-0.3, -0.25) is 9.10 Å². The number of rotatable bonds is 6. The second-order valence-electron chi connectivity index (χ2n) is 6.62. The van der Waals surface area contributed by atoms with E-state index in [1.54, 1.807) is 62.4 Å². The van der Waals surface area contributed by atoms with Gasteiger partial charge in [-0.1, -0.05) is 42.5 Å². The third kappa shape index (κ3) is 4.63. The van der Waals surface area contributed by atoms with Crippen LogP contribution in [0.1, 0.15) is 11.1 Å². The smallest absolute Gasteiger partial charge is 0.264 e. The monoisotopic (exact) mass is 412 g/mol. The van der Waals surface area contributed by atoms with E-state index in [1.807, 2.05) is 0 Å². The number of anilines is 2. The minimum atomic E-state index is -3.98. The highest BCUT2D eigenvalue weighted by molar-refractivity contribution is 7.92. The Balaban J connectivity index is 1.97. The summed E-state index contributed by atoms with van der Waals surface area (Å²) in [5, 5.41) is 2.61. The van der Waals surface area contributed by atoms with E-state index in [2.05, 4.69) is 5.32 Å². The molecule has 1 N–H and O–H groups in total. The highest BCUT2D eigenvalue weighted by Gasteiger charge is 2.28. The van der Waals surface area contributed by atoms with Crippen LogP contribution < -0.4 is 9.62 Å². The summed E-state index contributed by atoms with van der Waals surface area (Å²) in [7, 11) is -3.98. The third-order valence-corrected chi connectivity index (χ3v) is 6.25. The van der Waals surface area contributed by atoms with Crippen molar-refractivity contribution in [1.82, 2.24) is 0 Å². The maximum Gasteiger partial charge on any atom is 0.264 e. The molecule has 0 spiro atoms. The Kier molecular flexibility index (Phi) is 5.98. The number of sulfonamides is 1. The number of carbonyl (C=O) groups excluding carboxylic acids is 1. The topological polar surface area (TPSA) is 66.5 Å². The fourth-order valence-electron chi connectivity index (χ4n) is 2.91. The molecule has 0 saturated heterocycles. The minimum absolute atomic E-state index is 0.0815. The quantitative estimate of drug-likeness (QED) is 0.657. The lowest BCUT2D eigenvalue weighted by molar-refractivity contribution is -0.114. The molecule has 0 aliphatic heterocycles. The Morgan fingerprint density at radius 2 is 1.59 bits per heavy atom. The molecule has 150 valence electrons. The summed E-state index contributed by atoms with van der Waals surface area (Å²) in [4.78, 5) is 12.8. The Morgan fingerprint density at radius 1 is 0.931 bits per heavy atom. The zero-order chi connectivity index (χ0) is 21.0. The maximum absolute atomic E-state index is 13.5. The number of hydrogen-bond donors (Lipinski definition) is 1. The van der Waals surface area contributed by atoms with E-state index in [9.17, 15) is 17.6 Å². The van der Waals surface area contributed by atoms with Crippen LogP contribution in [0, 0.1) is 19.7 Å². The fraction of sp³-hybridized carbons (Fsp3) is 0.136. The predicted octanol–water partition coefficient (Wildman–Crippen LogP) is 4.28. The highest BCUT2D eigenvalue weighted by atomic mass is 32.2. The summed E-state index contributed by atoms with van der Waals surface area (Å²) >= 11 is 0. The summed E-state index contributed by atoms with van der Waals surface area (Å²) in [6.45, 7) is 3.06. The first-order valence-electron chi connectivity index (χ1n) is 8.98. The zero-order valence-electron chi connectivity index (χ0n) is 16.1. The maximum atomic E-state index is 13.5. The summed E-state index contributed by atoms with van der Waals surface area (Å²) < 4.78 is 41.2. The van der Waals surface area contributed by atoms with Gasteiger partial charge in [0.1, 0.15) is 12.4 Å². The van der Waals surface area contributed by atoms with Gasteiger partial charge in [-0.2, -0.15) is 0 Å². The number of para-hydroxylation sites is 1. The Hall–Kier alpha value is -3.19. The van der Waals surface area contributed by atoms with Gasteiger partial charge in [-0.05, 0) is 55.3 Å². The fourth-order valence-corrected chi connectivity index (χ4v) is 4.42. The Bertz CT molecular complexity index is 1130. The second-order valence-corrected chi connectivity index (χ2v) is 8.48. The molecule has 0 bridgehead atoms. The van der Waals surface area contributed by atoms with E-state index in [0.29, 0.717) is 22.5 Å². The summed E-state index contributed by atoms with van der Waals surface area (Å²) in [5.41, 5.74) is 2.09. The van der Waals surface area contributed by atoms with Crippen LogP contribution in [-0.4, -0.2) is 20.9 Å². The number of benzene rings is 3. The van der Waals surface area contributed by atoms with Gasteiger partial charge in [0.15, 0.2) is 0 Å². The molecule has 29 heavy (non-hydrogen) atoms. The molecule has 0 unspecified atom stereocenters. The van der Waals surface area contributed by atoms with Crippen LogP contribution in [-0.2, 0) is 14.8 Å². The minimum Gasteiger partial charge on any atom is -0.324 e. The first-order chi connectivity index (χ1) is 13.8. The van der Waals surface area contributed by atoms with Crippen molar-refractivity contribution in [3.05, 3.63) is 89.7 Å². The van der Waals surface area contributed by atoms with Crippen LogP contribution in [0.3, 0.4) is 0 Å². The number of carbonyl (C=O) groups is 1. The molecule has 3 rings (SSSR count). The van der Waals surface area contributed by atoms with E-state index in [1.165, 1.54) is 24.3 Å². The van der Waals surface area contributed by atoms with Gasteiger partial charge in [-0.15, -0.1) is 0 Å². The molecule has 0 saturated carbocycles. The highest BCUT2D eigenvalue weighted by Crippen LogP contribution is 2.27. The molecule has 0 aliphatic rings. The first-order valence-corrected chi connectivity index (χ1v) is 10.4. The SMILES string of the molecule is Cc1ccc(F)cc1NC(=O)CN(c1ccccc1C)S(=O)(=O)c1ccccc1. The third-order valence-electron chi connectivity index (χ3n) is 4.48. The number of hydrogen-bond acceptors (Lipinski definition) is 3. The van der Waals surface area contributed by atoms with E-state index < -0.39 is 28.3 Å². The molecule has 5 nitrogen and oxygen atoms in total. The van der Waals surface area contributed by atoms with Crippen LogP contribution in [0.4, 0.5) is 15.8 Å². The molecule has 1 amide bonds. The number of amides is 1. The average molecular weight is 412 g/mol. The molecule has 0 fully saturated rings. The summed E-state index contributed by atoms with van der Waals surface area (Å²) in [5.74, 6) is -1.06. The van der Waals surface area contributed by atoms with E-state index in [-0.39, 0.29) is 4.90 Å². The largest absolute Gasteiger partial charge is 0.324 e. The Labute approximate surface area is 169 Å². The van der Waals surface area contributed by atoms with Crippen molar-refractivity contribution in [3.8, 4) is 0 Å². The zero-order valence-corrected chi connectivity index (χ0v) is 16.9. The van der Waals surface area contributed by atoms with Crippen molar-refractivity contribution in [2.75, 3.05) is 16.2 Å². The normalized spacial score (nSPS) is 11.1. The van der Waals surface area contributed by atoms with E-state index in [4.69, 9.17) is 0 Å². The van der Waals surface area contributed by atoms with Gasteiger partial charge in [0.2, 0.25) is 5.91 Å². The van der Waals surface area contributed by atoms with Crippen molar-refractivity contribution in [3.63, 3.8) is 0 Å². The van der Waals surface area contributed by atoms with Crippen LogP contribution >= 0.6 is 0 Å². The van der Waals surface area contributed by atoms with Crippen molar-refractivity contribution in [2.24, 2.45) is 0 Å². The summed E-state index contributed by atoms with van der Waals surface area (Å²) in [6.07, 6.45) is 0. The van der Waals surface area contributed by atoms with Crippen molar-refractivity contribution in [1.29, 1.82) is 0 Å². The number of nitrogens with zero attached hydrogens (tertiary/aromatic N) is 1. The number of aryl methyl sites for hydroxylation is 2. The average Bonchev–Trinajstić information content (AvgIpc) is 2.70. The molecule has 0 aliphatic carbocycles. The van der Waals surface area contributed by atoms with Gasteiger partial charge in [0.25, 0.3) is 10.0 Å². The van der Waals surface area contributed by atoms with Crippen LogP contribution in [0.25, 0.3) is 0 Å². The summed E-state index contributed by atoms with van der Waals surface area (Å²) in [6, 6.07) is 18.9. The van der Waals surface area contributed by atoms with E-state index >= 15 is 0 Å². The molecule has 0 heterocycles. The molecular weight excluding hydrogens is 391 g/mol. The molecule has 3 aromatic carbocycles. The van der Waals surface area contributed by atoms with Gasteiger partial charge < -0.3 is 5.32 Å². The predicted molar refractivity (Wildman–Crippen MR) is 112 cm³/mol. The Morgan fingerprint density at radius 3 is 2.28 bits per heavy atom. The van der Waals surface area contributed by atoms with Gasteiger partial charge >= 0.3 is 0 Å². The van der Waals surface area contributed by atoms with Gasteiger partial charge in [0, 0.05) is 5.69 Å². The molecule has 7 heteroatoms. The van der Waals surface area contributed by atoms with Crippen LogP contribution in [0.2, 0.25) is 0 Å². The van der Waals surface area contributed by atoms with Crippen LogP contribution in [0.5, 0.6) is 0 Å². The lowest BCUT2D eigenvalue weighted by Crippen LogP contribution is -2.38. The number of halogens is 1. The molecular formula is C22H21FN2O3S. The standard InChI is InChI=1S/C22H21FN2O3S/c1-16-12-13-18(23)14-20(16)24-22(26)15-25(21-11-7-6-8-17(21)2)29(27,28)19-9-4-3-5-10-19/h3-14H,15H2,1-2H3,(H,24,26). The van der Waals surface area contributed by atoms with Crippen molar-refractivity contribution < 1.29 is 17.6 Å². The van der Waals surface area contributed by atoms with Gasteiger partial charge in [0.05, 0.1) is 10.6 Å². The molecule has 0 aromatic heterocycles. The lowest BCUT2D eigenvalue weighted by atomic mass is 10.2.